The molecule has 8 nitrogen and oxygen atoms in total. The maximum atomic E-state index is 10.6. The van der Waals surface area contributed by atoms with Crippen LogP contribution in [-0.4, -0.2) is 67.0 Å². The number of fused-ring (bicyclic) bond motifs is 2. The molecule has 5 unspecified atom stereocenters. The van der Waals surface area contributed by atoms with Gasteiger partial charge in [0.25, 0.3) is 20.2 Å². The van der Waals surface area contributed by atoms with E-state index in [-0.39, 0.29) is 0 Å². The van der Waals surface area contributed by atoms with E-state index in [4.69, 9.17) is 14.8 Å². The highest BCUT2D eigenvalue weighted by Crippen LogP contribution is 2.25. The molecule has 4 rings (SSSR count). The van der Waals surface area contributed by atoms with Crippen molar-refractivity contribution in [3.05, 3.63) is 47.6 Å². The molecule has 0 radical (unpaired) electrons. The average molecular weight is 461 g/mol. The first-order valence-electron chi connectivity index (χ1n) is 9.96. The van der Waals surface area contributed by atoms with Crippen molar-refractivity contribution in [2.45, 2.75) is 49.7 Å². The minimum absolute atomic E-state index is 0.376. The van der Waals surface area contributed by atoms with E-state index in [0.717, 1.165) is 23.6 Å². The van der Waals surface area contributed by atoms with Gasteiger partial charge in [0.05, 0.1) is 0 Å². The molecular weight excluding hydrogens is 428 g/mol. The fourth-order valence-electron chi connectivity index (χ4n) is 3.68. The molecule has 0 spiro atoms. The van der Waals surface area contributed by atoms with Gasteiger partial charge in [-0.25, -0.2) is 0 Å². The fraction of sp³-hybridized carbons (Fsp3) is 0.600. The molecular formula is C20H32N2O6S2. The van der Waals surface area contributed by atoms with E-state index in [1.165, 1.54) is 31.7 Å². The summed E-state index contributed by atoms with van der Waals surface area (Å²) in [5.41, 5.74) is 7.84. The Kier molecular flexibility index (Phi) is 8.60. The summed E-state index contributed by atoms with van der Waals surface area (Å²) in [6.45, 7) is 7.51. The molecule has 2 aliphatic carbocycles. The van der Waals surface area contributed by atoms with E-state index in [9.17, 15) is 16.8 Å². The first-order valence-corrected chi connectivity index (χ1v) is 13.0. The van der Waals surface area contributed by atoms with Crippen LogP contribution >= 0.6 is 0 Å². The molecule has 2 saturated heterocycles. The molecule has 0 saturated carbocycles. The van der Waals surface area contributed by atoms with Crippen molar-refractivity contribution in [2.75, 3.05) is 19.6 Å². The molecule has 2 fully saturated rings. The fourth-order valence-corrected chi connectivity index (χ4v) is 4.92. The lowest BCUT2D eigenvalue weighted by atomic mass is 10.0. The normalized spacial score (nSPS) is 32.4. The number of nitrogens with zero attached hydrogens (tertiary/aromatic N) is 1. The van der Waals surface area contributed by atoms with Gasteiger partial charge in [0.15, 0.2) is 0 Å². The van der Waals surface area contributed by atoms with E-state index in [1.54, 1.807) is 24.3 Å². The van der Waals surface area contributed by atoms with Gasteiger partial charge >= 0.3 is 0 Å². The third-order valence-electron chi connectivity index (χ3n) is 5.64. The van der Waals surface area contributed by atoms with Crippen LogP contribution in [0.1, 0.15) is 33.1 Å². The summed E-state index contributed by atoms with van der Waals surface area (Å²) < 4.78 is 59.5. The summed E-state index contributed by atoms with van der Waals surface area (Å²) in [4.78, 5) is 2.45. The van der Waals surface area contributed by atoms with Gasteiger partial charge in [-0.05, 0) is 45.6 Å². The lowest BCUT2D eigenvalue weighted by molar-refractivity contribution is 0.346. The molecule has 0 aromatic carbocycles. The zero-order valence-electron chi connectivity index (χ0n) is 17.4. The van der Waals surface area contributed by atoms with Crippen molar-refractivity contribution in [3.63, 3.8) is 0 Å². The first kappa shape index (κ1) is 25.0. The minimum atomic E-state index is -3.88. The Bertz CT molecular complexity index is 868. The maximum Gasteiger partial charge on any atom is 0.271 e. The predicted octanol–water partition coefficient (Wildman–Crippen LogP) is 1.95. The standard InChI is InChI=1S/2C7H10O3S.C6H12N2/c2*1-6-2-4-7(5-3-6)11(8,9)10;7-6-4-8-2-1-5(6)3-8/h2*2-4,7H,5H2,1H3,(H,8,9,10);5-6H,1-4,7H2. The molecule has 170 valence electrons. The van der Waals surface area contributed by atoms with Crippen LogP contribution in [0.25, 0.3) is 0 Å². The second kappa shape index (κ2) is 10.3. The van der Waals surface area contributed by atoms with Gasteiger partial charge in [0.1, 0.15) is 10.5 Å². The van der Waals surface area contributed by atoms with Gasteiger partial charge < -0.3 is 10.6 Å². The lowest BCUT2D eigenvalue weighted by Crippen LogP contribution is -2.34. The van der Waals surface area contributed by atoms with Crippen LogP contribution in [0.2, 0.25) is 0 Å². The van der Waals surface area contributed by atoms with Gasteiger partial charge in [0.2, 0.25) is 0 Å². The van der Waals surface area contributed by atoms with E-state index >= 15 is 0 Å². The van der Waals surface area contributed by atoms with Crippen molar-refractivity contribution in [3.8, 4) is 0 Å². The SMILES string of the molecule is CC1=CCC(S(=O)(=O)O)C=C1.CC1=CCC(S(=O)(=O)O)C=C1.NC1CN2CCC1C2. The number of hydrogen-bond donors (Lipinski definition) is 3. The third-order valence-corrected chi connectivity index (χ3v) is 7.87. The zero-order valence-corrected chi connectivity index (χ0v) is 19.0. The molecule has 2 aliphatic heterocycles. The Balaban J connectivity index is 0.000000162. The molecule has 10 heteroatoms. The lowest BCUT2D eigenvalue weighted by Gasteiger charge is -2.16. The van der Waals surface area contributed by atoms with Crippen LogP contribution in [-0.2, 0) is 20.2 Å². The largest absolute Gasteiger partial charge is 0.326 e. The summed E-state index contributed by atoms with van der Waals surface area (Å²) in [6.07, 6.45) is 12.1. The van der Waals surface area contributed by atoms with Crippen LogP contribution in [0, 0.1) is 5.92 Å². The summed E-state index contributed by atoms with van der Waals surface area (Å²) in [5.74, 6) is 0.843. The highest BCUT2D eigenvalue weighted by atomic mass is 32.2. The van der Waals surface area contributed by atoms with Crippen LogP contribution in [0.4, 0.5) is 0 Å². The average Bonchev–Trinajstić information content (AvgIpc) is 3.24. The molecule has 4 N–H and O–H groups in total. The molecule has 2 heterocycles. The second-order valence-electron chi connectivity index (χ2n) is 8.16. The van der Waals surface area contributed by atoms with Gasteiger partial charge in [-0.1, -0.05) is 47.6 Å². The van der Waals surface area contributed by atoms with E-state index < -0.39 is 30.7 Å². The monoisotopic (exact) mass is 460 g/mol. The second-order valence-corrected chi connectivity index (χ2v) is 11.4. The molecule has 2 bridgehead atoms. The van der Waals surface area contributed by atoms with Crippen molar-refractivity contribution in [1.82, 2.24) is 4.90 Å². The van der Waals surface area contributed by atoms with Crippen molar-refractivity contribution >= 4 is 20.2 Å². The van der Waals surface area contributed by atoms with Crippen LogP contribution in [0.3, 0.4) is 0 Å². The first-order chi connectivity index (χ1) is 13.9. The summed E-state index contributed by atoms with van der Waals surface area (Å²) in [5, 5.41) is -1.49. The Labute approximate surface area is 179 Å². The molecule has 4 aliphatic rings. The van der Waals surface area contributed by atoms with Crippen molar-refractivity contribution in [1.29, 1.82) is 0 Å². The molecule has 0 aromatic rings. The number of allylic oxidation sites excluding steroid dienone is 6. The Hall–Kier alpha value is -1.30. The molecule has 0 amide bonds. The molecule has 5 atom stereocenters. The van der Waals surface area contributed by atoms with E-state index in [2.05, 4.69) is 4.90 Å². The summed E-state index contributed by atoms with van der Waals surface area (Å²) in [6, 6.07) is 0.503. The highest BCUT2D eigenvalue weighted by Gasteiger charge is 2.35. The van der Waals surface area contributed by atoms with E-state index in [0.29, 0.717) is 18.9 Å². The van der Waals surface area contributed by atoms with Gasteiger partial charge in [-0.3, -0.25) is 9.11 Å². The van der Waals surface area contributed by atoms with Crippen LogP contribution in [0.5, 0.6) is 0 Å². The quantitative estimate of drug-likeness (QED) is 0.532. The van der Waals surface area contributed by atoms with Crippen molar-refractivity contribution in [2.24, 2.45) is 11.7 Å². The highest BCUT2D eigenvalue weighted by molar-refractivity contribution is 7.86. The maximum absolute atomic E-state index is 10.6. The Morgan fingerprint density at radius 1 is 0.900 bits per heavy atom. The summed E-state index contributed by atoms with van der Waals surface area (Å²) >= 11 is 0. The van der Waals surface area contributed by atoms with Gasteiger partial charge in [0, 0.05) is 19.1 Å². The van der Waals surface area contributed by atoms with Crippen molar-refractivity contribution < 1.29 is 25.9 Å². The minimum Gasteiger partial charge on any atom is -0.326 e. The number of nitrogens with two attached hydrogens (primary N) is 1. The van der Waals surface area contributed by atoms with E-state index in [1.807, 2.05) is 13.8 Å². The number of rotatable bonds is 2. The van der Waals surface area contributed by atoms with Crippen LogP contribution in [0.15, 0.2) is 47.6 Å². The molecule has 0 aromatic heterocycles. The van der Waals surface area contributed by atoms with Gasteiger partial charge in [-0.15, -0.1) is 0 Å². The number of hydrogen-bond acceptors (Lipinski definition) is 6. The van der Waals surface area contributed by atoms with Crippen LogP contribution < -0.4 is 5.73 Å². The Morgan fingerprint density at radius 2 is 1.37 bits per heavy atom. The number of piperidine rings is 1. The molecule has 30 heavy (non-hydrogen) atoms. The van der Waals surface area contributed by atoms with Gasteiger partial charge in [-0.2, -0.15) is 16.8 Å². The summed E-state index contributed by atoms with van der Waals surface area (Å²) in [7, 11) is -7.76. The Morgan fingerprint density at radius 3 is 1.57 bits per heavy atom. The predicted molar refractivity (Wildman–Crippen MR) is 118 cm³/mol. The topological polar surface area (TPSA) is 138 Å². The smallest absolute Gasteiger partial charge is 0.271 e. The zero-order chi connectivity index (χ0) is 22.5. The third kappa shape index (κ3) is 7.75.